The number of rotatable bonds is 5. The number of cyclic esters (lactones) is 1. The lowest BCUT2D eigenvalue weighted by atomic mass is 9.87. The molecule has 4 nitrogen and oxygen atoms in total. The standard InChI is InChI=1S/C24H18F3NO3/c25-18-8-6-15(7-9-18)21(17-10-19(26)12-20(27)11-17)13-23(29)28-22(14-31-24(28)30)16-4-2-1-3-5-16/h1-12,21-22H,13-14H2. The Labute approximate surface area is 176 Å². The molecular weight excluding hydrogens is 407 g/mol. The van der Waals surface area contributed by atoms with Crippen molar-refractivity contribution < 1.29 is 27.5 Å². The molecule has 0 N–H and O–H groups in total. The van der Waals surface area contributed by atoms with Gasteiger partial charge >= 0.3 is 6.09 Å². The summed E-state index contributed by atoms with van der Waals surface area (Å²) in [5, 5.41) is 0. The molecule has 0 bridgehead atoms. The number of ether oxygens (including phenoxy) is 1. The summed E-state index contributed by atoms with van der Waals surface area (Å²) in [6.07, 6.45) is -1.03. The summed E-state index contributed by atoms with van der Waals surface area (Å²) in [5.41, 5.74) is 1.43. The van der Waals surface area contributed by atoms with Crippen LogP contribution in [-0.4, -0.2) is 23.5 Å². The molecule has 1 saturated heterocycles. The van der Waals surface area contributed by atoms with Crippen molar-refractivity contribution in [3.63, 3.8) is 0 Å². The zero-order chi connectivity index (χ0) is 22.0. The van der Waals surface area contributed by atoms with Gasteiger partial charge in [-0.25, -0.2) is 22.9 Å². The van der Waals surface area contributed by atoms with E-state index in [-0.39, 0.29) is 18.6 Å². The Bertz CT molecular complexity index is 1080. The van der Waals surface area contributed by atoms with Crippen molar-refractivity contribution in [1.82, 2.24) is 4.90 Å². The van der Waals surface area contributed by atoms with Gasteiger partial charge in [-0.3, -0.25) is 4.79 Å². The number of halogens is 3. The van der Waals surface area contributed by atoms with Gasteiger partial charge in [-0.05, 0) is 41.0 Å². The number of amides is 2. The maximum atomic E-state index is 13.9. The summed E-state index contributed by atoms with van der Waals surface area (Å²) in [6, 6.07) is 16.7. The van der Waals surface area contributed by atoms with Crippen LogP contribution in [0.4, 0.5) is 18.0 Å². The molecule has 31 heavy (non-hydrogen) atoms. The van der Waals surface area contributed by atoms with Crippen molar-refractivity contribution in [2.24, 2.45) is 0 Å². The number of carbonyl (C=O) groups is 2. The molecule has 1 heterocycles. The predicted octanol–water partition coefficient (Wildman–Crippen LogP) is 5.35. The Balaban J connectivity index is 1.68. The maximum absolute atomic E-state index is 13.9. The zero-order valence-corrected chi connectivity index (χ0v) is 16.3. The molecule has 0 radical (unpaired) electrons. The summed E-state index contributed by atoms with van der Waals surface area (Å²) in [7, 11) is 0. The normalized spacial score (nSPS) is 16.8. The molecule has 2 atom stereocenters. The van der Waals surface area contributed by atoms with Crippen molar-refractivity contribution in [3.8, 4) is 0 Å². The van der Waals surface area contributed by atoms with Crippen LogP contribution in [0.2, 0.25) is 0 Å². The van der Waals surface area contributed by atoms with E-state index in [0.29, 0.717) is 5.56 Å². The van der Waals surface area contributed by atoms with Gasteiger partial charge in [-0.15, -0.1) is 0 Å². The average Bonchev–Trinajstić information content (AvgIpc) is 3.14. The molecule has 158 valence electrons. The Hall–Kier alpha value is -3.61. The highest BCUT2D eigenvalue weighted by Crippen LogP contribution is 2.34. The van der Waals surface area contributed by atoms with Gasteiger partial charge in [0, 0.05) is 18.4 Å². The van der Waals surface area contributed by atoms with Crippen molar-refractivity contribution >= 4 is 12.0 Å². The Morgan fingerprint density at radius 3 is 2.19 bits per heavy atom. The summed E-state index contributed by atoms with van der Waals surface area (Å²) < 4.78 is 46.3. The summed E-state index contributed by atoms with van der Waals surface area (Å²) in [4.78, 5) is 26.5. The third-order valence-electron chi connectivity index (χ3n) is 5.26. The fraction of sp³-hybridized carbons (Fsp3) is 0.167. The second-order valence-electron chi connectivity index (χ2n) is 7.28. The van der Waals surface area contributed by atoms with Gasteiger partial charge in [0.2, 0.25) is 5.91 Å². The number of benzene rings is 3. The smallest absolute Gasteiger partial charge is 0.417 e. The fourth-order valence-electron chi connectivity index (χ4n) is 3.79. The largest absolute Gasteiger partial charge is 0.446 e. The number of hydrogen-bond acceptors (Lipinski definition) is 3. The summed E-state index contributed by atoms with van der Waals surface area (Å²) >= 11 is 0. The molecule has 1 aliphatic heterocycles. The first-order valence-corrected chi connectivity index (χ1v) is 9.67. The molecule has 3 aromatic carbocycles. The van der Waals surface area contributed by atoms with E-state index < -0.39 is 41.4 Å². The van der Waals surface area contributed by atoms with Gasteiger partial charge in [0.25, 0.3) is 0 Å². The van der Waals surface area contributed by atoms with Crippen LogP contribution in [0.5, 0.6) is 0 Å². The topological polar surface area (TPSA) is 46.6 Å². The van der Waals surface area contributed by atoms with E-state index in [4.69, 9.17) is 4.74 Å². The summed E-state index contributed by atoms with van der Waals surface area (Å²) in [6.45, 7) is 0.0182. The lowest BCUT2D eigenvalue weighted by Gasteiger charge is -2.24. The predicted molar refractivity (Wildman–Crippen MR) is 107 cm³/mol. The second kappa shape index (κ2) is 8.63. The molecule has 1 aliphatic rings. The molecular formula is C24H18F3NO3. The highest BCUT2D eigenvalue weighted by molar-refractivity contribution is 5.94. The van der Waals surface area contributed by atoms with Crippen molar-refractivity contribution in [2.75, 3.05) is 6.61 Å². The lowest BCUT2D eigenvalue weighted by Crippen LogP contribution is -2.35. The average molecular weight is 425 g/mol. The Morgan fingerprint density at radius 1 is 0.903 bits per heavy atom. The Morgan fingerprint density at radius 2 is 1.55 bits per heavy atom. The van der Waals surface area contributed by atoms with Gasteiger partial charge in [-0.1, -0.05) is 42.5 Å². The van der Waals surface area contributed by atoms with Gasteiger partial charge in [0.1, 0.15) is 30.1 Å². The summed E-state index contributed by atoms with van der Waals surface area (Å²) in [5.74, 6) is -3.42. The van der Waals surface area contributed by atoms with Crippen LogP contribution in [0.1, 0.15) is 35.1 Å². The molecule has 0 aromatic heterocycles. The Kier molecular flexibility index (Phi) is 5.75. The first-order chi connectivity index (χ1) is 14.9. The first kappa shape index (κ1) is 20.7. The van der Waals surface area contributed by atoms with Gasteiger partial charge in [0.15, 0.2) is 0 Å². The number of hydrogen-bond donors (Lipinski definition) is 0. The molecule has 0 saturated carbocycles. The minimum absolute atomic E-state index is 0.0182. The third-order valence-corrected chi connectivity index (χ3v) is 5.26. The van der Waals surface area contributed by atoms with Crippen LogP contribution < -0.4 is 0 Å². The lowest BCUT2D eigenvalue weighted by molar-refractivity contribution is -0.129. The van der Waals surface area contributed by atoms with Crippen LogP contribution in [0, 0.1) is 17.5 Å². The fourth-order valence-corrected chi connectivity index (χ4v) is 3.79. The van der Waals surface area contributed by atoms with Crippen LogP contribution in [-0.2, 0) is 9.53 Å². The van der Waals surface area contributed by atoms with E-state index in [1.54, 1.807) is 24.3 Å². The molecule has 2 amide bonds. The molecule has 1 fully saturated rings. The second-order valence-corrected chi connectivity index (χ2v) is 7.28. The van der Waals surface area contributed by atoms with Crippen LogP contribution in [0.25, 0.3) is 0 Å². The quantitative estimate of drug-likeness (QED) is 0.554. The molecule has 4 rings (SSSR count). The van der Waals surface area contributed by atoms with E-state index in [0.717, 1.165) is 28.7 Å². The molecule has 2 unspecified atom stereocenters. The highest BCUT2D eigenvalue weighted by atomic mass is 19.1. The highest BCUT2D eigenvalue weighted by Gasteiger charge is 2.39. The van der Waals surface area contributed by atoms with E-state index in [9.17, 15) is 22.8 Å². The van der Waals surface area contributed by atoms with E-state index in [1.807, 2.05) is 6.07 Å². The van der Waals surface area contributed by atoms with Gasteiger partial charge in [0.05, 0.1) is 0 Å². The van der Waals surface area contributed by atoms with Gasteiger partial charge in [-0.2, -0.15) is 0 Å². The number of imide groups is 1. The van der Waals surface area contributed by atoms with E-state index in [1.165, 1.54) is 24.3 Å². The van der Waals surface area contributed by atoms with Crippen LogP contribution in [0.3, 0.4) is 0 Å². The minimum Gasteiger partial charge on any atom is -0.446 e. The molecule has 7 heteroatoms. The van der Waals surface area contributed by atoms with Crippen molar-refractivity contribution in [2.45, 2.75) is 18.4 Å². The first-order valence-electron chi connectivity index (χ1n) is 9.67. The molecule has 0 spiro atoms. The van der Waals surface area contributed by atoms with Crippen LogP contribution in [0.15, 0.2) is 72.8 Å². The van der Waals surface area contributed by atoms with E-state index in [2.05, 4.69) is 0 Å². The molecule has 0 aliphatic carbocycles. The SMILES string of the molecule is O=C(CC(c1ccc(F)cc1)c1cc(F)cc(F)c1)N1C(=O)OCC1c1ccccc1. The van der Waals surface area contributed by atoms with Crippen LogP contribution >= 0.6 is 0 Å². The monoisotopic (exact) mass is 425 g/mol. The third kappa shape index (κ3) is 4.45. The maximum Gasteiger partial charge on any atom is 0.417 e. The zero-order valence-electron chi connectivity index (χ0n) is 16.3. The molecule has 3 aromatic rings. The van der Waals surface area contributed by atoms with Crippen molar-refractivity contribution in [1.29, 1.82) is 0 Å². The van der Waals surface area contributed by atoms with Crippen molar-refractivity contribution in [3.05, 3.63) is 107 Å². The van der Waals surface area contributed by atoms with E-state index >= 15 is 0 Å². The number of carbonyl (C=O) groups excluding carboxylic acids is 2. The number of nitrogens with zero attached hydrogens (tertiary/aromatic N) is 1. The minimum atomic E-state index is -0.794. The van der Waals surface area contributed by atoms with Gasteiger partial charge < -0.3 is 4.74 Å².